The van der Waals surface area contributed by atoms with Crippen LogP contribution in [0.3, 0.4) is 0 Å². The highest BCUT2D eigenvalue weighted by atomic mass is 16.6. The summed E-state index contributed by atoms with van der Waals surface area (Å²) >= 11 is 0. The Labute approximate surface area is 123 Å². The zero-order chi connectivity index (χ0) is 15.2. The van der Waals surface area contributed by atoms with Crippen molar-refractivity contribution in [2.45, 2.75) is 84.7 Å². The maximum absolute atomic E-state index is 11.6. The standard InChI is InChI=1S/C16H30O4/c1-4-7-9-11-15(17)19-13-14(6-3)20-16(18)12-10-8-5-2/h14H,4-13H2,1-3H3. The first-order valence-electron chi connectivity index (χ1n) is 7.99. The normalized spacial score (nSPS) is 11.9. The molecule has 20 heavy (non-hydrogen) atoms. The van der Waals surface area contributed by atoms with Gasteiger partial charge in [-0.15, -0.1) is 0 Å². The number of unbranched alkanes of at least 4 members (excludes halogenated alkanes) is 4. The Kier molecular flexibility index (Phi) is 12.3. The van der Waals surface area contributed by atoms with Crippen molar-refractivity contribution in [1.82, 2.24) is 0 Å². The summed E-state index contributed by atoms with van der Waals surface area (Å²) in [7, 11) is 0. The second-order valence-electron chi connectivity index (χ2n) is 5.12. The van der Waals surface area contributed by atoms with Crippen LogP contribution >= 0.6 is 0 Å². The maximum Gasteiger partial charge on any atom is 0.306 e. The van der Waals surface area contributed by atoms with Crippen LogP contribution < -0.4 is 0 Å². The van der Waals surface area contributed by atoms with Crippen LogP contribution in [0, 0.1) is 0 Å². The molecule has 0 saturated carbocycles. The molecule has 4 heteroatoms. The molecular weight excluding hydrogens is 256 g/mol. The van der Waals surface area contributed by atoms with Crippen LogP contribution in [0.5, 0.6) is 0 Å². The van der Waals surface area contributed by atoms with E-state index in [-0.39, 0.29) is 24.6 Å². The lowest BCUT2D eigenvalue weighted by Crippen LogP contribution is -2.24. The monoisotopic (exact) mass is 286 g/mol. The van der Waals surface area contributed by atoms with Gasteiger partial charge in [0.05, 0.1) is 0 Å². The minimum absolute atomic E-state index is 0.182. The highest BCUT2D eigenvalue weighted by molar-refractivity contribution is 5.70. The second-order valence-corrected chi connectivity index (χ2v) is 5.12. The van der Waals surface area contributed by atoms with Gasteiger partial charge in [-0.25, -0.2) is 0 Å². The lowest BCUT2D eigenvalue weighted by atomic mass is 10.2. The molecule has 0 amide bonds. The van der Waals surface area contributed by atoms with Crippen molar-refractivity contribution in [2.75, 3.05) is 6.61 Å². The average Bonchev–Trinajstić information content (AvgIpc) is 2.44. The van der Waals surface area contributed by atoms with E-state index in [2.05, 4.69) is 13.8 Å². The Hall–Kier alpha value is -1.06. The molecule has 0 bridgehead atoms. The Balaban J connectivity index is 3.79. The van der Waals surface area contributed by atoms with E-state index in [1.807, 2.05) is 6.92 Å². The zero-order valence-corrected chi connectivity index (χ0v) is 13.3. The minimum atomic E-state index is -0.306. The summed E-state index contributed by atoms with van der Waals surface area (Å²) < 4.78 is 10.5. The van der Waals surface area contributed by atoms with E-state index in [0.29, 0.717) is 19.3 Å². The molecule has 0 rings (SSSR count). The molecular formula is C16H30O4. The van der Waals surface area contributed by atoms with Crippen LogP contribution in [-0.2, 0) is 19.1 Å². The molecule has 0 aromatic rings. The van der Waals surface area contributed by atoms with Gasteiger partial charge in [0.1, 0.15) is 12.7 Å². The van der Waals surface area contributed by atoms with Crippen LogP contribution in [0.2, 0.25) is 0 Å². The molecule has 0 aromatic heterocycles. The number of carbonyl (C=O) groups is 2. The molecule has 0 aliphatic carbocycles. The first kappa shape index (κ1) is 18.9. The SMILES string of the molecule is CCCCCC(=O)OCC(CC)OC(=O)CCCCC. The number of ether oxygens (including phenoxy) is 2. The molecule has 1 atom stereocenters. The molecule has 0 aliphatic heterocycles. The second kappa shape index (κ2) is 12.9. The summed E-state index contributed by atoms with van der Waals surface area (Å²) in [6, 6.07) is 0. The van der Waals surface area contributed by atoms with Gasteiger partial charge in [-0.2, -0.15) is 0 Å². The van der Waals surface area contributed by atoms with E-state index in [4.69, 9.17) is 9.47 Å². The fourth-order valence-electron chi connectivity index (χ4n) is 1.78. The van der Waals surface area contributed by atoms with Gasteiger partial charge in [0, 0.05) is 12.8 Å². The van der Waals surface area contributed by atoms with E-state index in [1.54, 1.807) is 0 Å². The molecule has 0 radical (unpaired) electrons. The van der Waals surface area contributed by atoms with Gasteiger partial charge in [0.25, 0.3) is 0 Å². The van der Waals surface area contributed by atoms with Crippen LogP contribution in [0.25, 0.3) is 0 Å². The summed E-state index contributed by atoms with van der Waals surface area (Å²) in [5.74, 6) is -0.383. The summed E-state index contributed by atoms with van der Waals surface area (Å²) in [5, 5.41) is 0. The molecule has 0 aromatic carbocycles. The summed E-state index contributed by atoms with van der Waals surface area (Å²) in [4.78, 5) is 23.1. The van der Waals surface area contributed by atoms with Crippen LogP contribution in [0.15, 0.2) is 0 Å². The fraction of sp³-hybridized carbons (Fsp3) is 0.875. The lowest BCUT2D eigenvalue weighted by molar-refractivity contribution is -0.159. The Morgan fingerprint density at radius 1 is 0.850 bits per heavy atom. The largest absolute Gasteiger partial charge is 0.462 e. The summed E-state index contributed by atoms with van der Waals surface area (Å²) in [6.07, 6.45) is 7.24. The van der Waals surface area contributed by atoms with E-state index >= 15 is 0 Å². The molecule has 0 aliphatic rings. The van der Waals surface area contributed by atoms with E-state index < -0.39 is 0 Å². The van der Waals surface area contributed by atoms with Crippen molar-refractivity contribution in [3.05, 3.63) is 0 Å². The first-order chi connectivity index (χ1) is 9.63. The number of hydrogen-bond acceptors (Lipinski definition) is 4. The number of carbonyl (C=O) groups excluding carboxylic acids is 2. The third-order valence-corrected chi connectivity index (χ3v) is 3.15. The Bertz CT molecular complexity index is 263. The fourth-order valence-corrected chi connectivity index (χ4v) is 1.78. The third kappa shape index (κ3) is 10.8. The Morgan fingerprint density at radius 3 is 1.90 bits per heavy atom. The number of hydrogen-bond donors (Lipinski definition) is 0. The van der Waals surface area contributed by atoms with Crippen LogP contribution in [0.4, 0.5) is 0 Å². The third-order valence-electron chi connectivity index (χ3n) is 3.15. The Morgan fingerprint density at radius 2 is 1.40 bits per heavy atom. The van der Waals surface area contributed by atoms with E-state index in [9.17, 15) is 9.59 Å². The summed E-state index contributed by atoms with van der Waals surface area (Å²) in [5.41, 5.74) is 0. The van der Waals surface area contributed by atoms with Crippen molar-refractivity contribution in [3.63, 3.8) is 0 Å². The van der Waals surface area contributed by atoms with E-state index in [0.717, 1.165) is 38.5 Å². The number of rotatable bonds is 12. The smallest absolute Gasteiger partial charge is 0.306 e. The molecule has 0 spiro atoms. The van der Waals surface area contributed by atoms with E-state index in [1.165, 1.54) is 0 Å². The van der Waals surface area contributed by atoms with Crippen molar-refractivity contribution < 1.29 is 19.1 Å². The highest BCUT2D eigenvalue weighted by Gasteiger charge is 2.14. The molecule has 0 saturated heterocycles. The molecule has 0 N–H and O–H groups in total. The average molecular weight is 286 g/mol. The van der Waals surface area contributed by atoms with Gasteiger partial charge in [0.2, 0.25) is 0 Å². The van der Waals surface area contributed by atoms with Crippen LogP contribution in [-0.4, -0.2) is 24.6 Å². The van der Waals surface area contributed by atoms with Gasteiger partial charge < -0.3 is 9.47 Å². The van der Waals surface area contributed by atoms with Gasteiger partial charge in [0.15, 0.2) is 0 Å². The predicted molar refractivity (Wildman–Crippen MR) is 79.4 cm³/mol. The first-order valence-corrected chi connectivity index (χ1v) is 7.99. The lowest BCUT2D eigenvalue weighted by Gasteiger charge is -2.16. The van der Waals surface area contributed by atoms with Crippen molar-refractivity contribution in [3.8, 4) is 0 Å². The molecule has 1 unspecified atom stereocenters. The van der Waals surface area contributed by atoms with Crippen molar-refractivity contribution in [1.29, 1.82) is 0 Å². The summed E-state index contributed by atoms with van der Waals surface area (Å²) in [6.45, 7) is 6.30. The molecule has 0 fully saturated rings. The van der Waals surface area contributed by atoms with Gasteiger partial charge >= 0.3 is 11.9 Å². The van der Waals surface area contributed by atoms with Crippen LogP contribution in [0.1, 0.15) is 78.6 Å². The van der Waals surface area contributed by atoms with Crippen molar-refractivity contribution >= 4 is 11.9 Å². The van der Waals surface area contributed by atoms with Crippen molar-refractivity contribution in [2.24, 2.45) is 0 Å². The topological polar surface area (TPSA) is 52.6 Å². The van der Waals surface area contributed by atoms with Gasteiger partial charge in [-0.1, -0.05) is 46.5 Å². The predicted octanol–water partition coefficient (Wildman–Crippen LogP) is 4.01. The minimum Gasteiger partial charge on any atom is -0.462 e. The zero-order valence-electron chi connectivity index (χ0n) is 13.3. The van der Waals surface area contributed by atoms with Gasteiger partial charge in [-0.05, 0) is 19.3 Å². The van der Waals surface area contributed by atoms with Gasteiger partial charge in [-0.3, -0.25) is 9.59 Å². The molecule has 0 heterocycles. The molecule has 118 valence electrons. The highest BCUT2D eigenvalue weighted by Crippen LogP contribution is 2.07. The molecule has 4 nitrogen and oxygen atoms in total. The number of esters is 2. The quantitative estimate of drug-likeness (QED) is 0.402. The maximum atomic E-state index is 11.6.